The third kappa shape index (κ3) is 3.98. The van der Waals surface area contributed by atoms with Crippen molar-refractivity contribution in [2.45, 2.75) is 39.2 Å². The largest absolute Gasteiger partial charge is 0.341 e. The van der Waals surface area contributed by atoms with E-state index in [1.54, 1.807) is 0 Å². The fourth-order valence-electron chi connectivity index (χ4n) is 3.01. The lowest BCUT2D eigenvalue weighted by Crippen LogP contribution is -2.53. The minimum atomic E-state index is -0.925. The van der Waals surface area contributed by atoms with E-state index >= 15 is 0 Å². The summed E-state index contributed by atoms with van der Waals surface area (Å²) < 4.78 is 0. The van der Waals surface area contributed by atoms with Crippen molar-refractivity contribution < 1.29 is 4.79 Å². The maximum absolute atomic E-state index is 12.7. The van der Waals surface area contributed by atoms with Crippen LogP contribution in [0.5, 0.6) is 0 Å². The van der Waals surface area contributed by atoms with E-state index < -0.39 is 5.54 Å². The van der Waals surface area contributed by atoms with E-state index in [2.05, 4.69) is 13.8 Å². The van der Waals surface area contributed by atoms with Gasteiger partial charge in [-0.2, -0.15) is 0 Å². The molecule has 118 valence electrons. The Kier molecular flexibility index (Phi) is 6.24. The van der Waals surface area contributed by atoms with E-state index in [0.29, 0.717) is 5.92 Å². The summed E-state index contributed by atoms with van der Waals surface area (Å²) in [5, 5.41) is 0. The van der Waals surface area contributed by atoms with Crippen molar-refractivity contribution in [1.82, 2.24) is 4.90 Å². The number of halogens is 1. The summed E-state index contributed by atoms with van der Waals surface area (Å²) >= 11 is 0. The highest BCUT2D eigenvalue weighted by Crippen LogP contribution is 2.27. The molecule has 1 fully saturated rings. The Labute approximate surface area is 134 Å². The monoisotopic (exact) mass is 310 g/mol. The van der Waals surface area contributed by atoms with Crippen LogP contribution in [0, 0.1) is 11.8 Å². The zero-order valence-corrected chi connectivity index (χ0v) is 14.0. The van der Waals surface area contributed by atoms with Crippen LogP contribution < -0.4 is 5.73 Å². The molecule has 1 aromatic rings. The first-order valence-electron chi connectivity index (χ1n) is 7.56. The molecule has 1 saturated heterocycles. The molecule has 4 heteroatoms. The molecule has 1 atom stereocenters. The molecule has 21 heavy (non-hydrogen) atoms. The number of likely N-dealkylation sites (tertiary alicyclic amines) is 1. The molecular formula is C17H27ClN2O. The number of hydrogen-bond acceptors (Lipinski definition) is 2. The minimum absolute atomic E-state index is 0. The average Bonchev–Trinajstić information content (AvgIpc) is 2.47. The van der Waals surface area contributed by atoms with Crippen LogP contribution in [0.15, 0.2) is 30.3 Å². The van der Waals surface area contributed by atoms with E-state index in [-0.39, 0.29) is 18.3 Å². The molecule has 2 rings (SSSR count). The van der Waals surface area contributed by atoms with E-state index in [1.807, 2.05) is 42.2 Å². The Balaban J connectivity index is 0.00000220. The van der Waals surface area contributed by atoms with Gasteiger partial charge in [-0.15, -0.1) is 12.4 Å². The van der Waals surface area contributed by atoms with Crippen LogP contribution in [-0.4, -0.2) is 23.9 Å². The minimum Gasteiger partial charge on any atom is -0.341 e. The zero-order valence-electron chi connectivity index (χ0n) is 13.2. The maximum Gasteiger partial charge on any atom is 0.246 e. The summed E-state index contributed by atoms with van der Waals surface area (Å²) in [7, 11) is 0. The molecule has 1 heterocycles. The van der Waals surface area contributed by atoms with Crippen LogP contribution in [0.25, 0.3) is 0 Å². The van der Waals surface area contributed by atoms with Gasteiger partial charge in [-0.1, -0.05) is 44.2 Å². The quantitative estimate of drug-likeness (QED) is 0.932. The smallest absolute Gasteiger partial charge is 0.246 e. The molecule has 0 spiro atoms. The third-order valence-electron chi connectivity index (χ3n) is 4.59. The van der Waals surface area contributed by atoms with Crippen molar-refractivity contribution >= 4 is 18.3 Å². The fourth-order valence-corrected chi connectivity index (χ4v) is 3.01. The summed E-state index contributed by atoms with van der Waals surface area (Å²) in [6.45, 7) is 8.01. The van der Waals surface area contributed by atoms with Crippen molar-refractivity contribution in [1.29, 1.82) is 0 Å². The van der Waals surface area contributed by atoms with Gasteiger partial charge in [0.25, 0.3) is 0 Å². The van der Waals surface area contributed by atoms with Gasteiger partial charge in [0.05, 0.1) is 0 Å². The summed E-state index contributed by atoms with van der Waals surface area (Å²) in [6.07, 6.45) is 2.18. The number of nitrogens with two attached hydrogens (primary N) is 1. The Morgan fingerprint density at radius 3 is 2.24 bits per heavy atom. The first-order chi connectivity index (χ1) is 9.43. The van der Waals surface area contributed by atoms with Gasteiger partial charge in [-0.3, -0.25) is 4.79 Å². The van der Waals surface area contributed by atoms with Crippen LogP contribution >= 0.6 is 12.4 Å². The van der Waals surface area contributed by atoms with Gasteiger partial charge < -0.3 is 10.6 Å². The molecule has 1 amide bonds. The van der Waals surface area contributed by atoms with Crippen LogP contribution in [0.4, 0.5) is 0 Å². The van der Waals surface area contributed by atoms with Gasteiger partial charge in [0.15, 0.2) is 0 Å². The third-order valence-corrected chi connectivity index (χ3v) is 4.59. The van der Waals surface area contributed by atoms with E-state index in [0.717, 1.165) is 37.4 Å². The second kappa shape index (κ2) is 7.28. The van der Waals surface area contributed by atoms with Crippen molar-refractivity contribution in [3.05, 3.63) is 35.9 Å². The number of nitrogens with zero attached hydrogens (tertiary/aromatic N) is 1. The molecule has 1 unspecified atom stereocenters. The SMILES string of the molecule is CC(C)C1CCN(C(=O)C(C)(N)c2ccccc2)CC1.Cl. The first kappa shape index (κ1) is 18.0. The number of piperidine rings is 1. The topological polar surface area (TPSA) is 46.3 Å². The molecule has 1 aliphatic rings. The lowest BCUT2D eigenvalue weighted by Gasteiger charge is -2.38. The van der Waals surface area contributed by atoms with Crippen molar-refractivity contribution in [3.8, 4) is 0 Å². The maximum atomic E-state index is 12.7. The zero-order chi connectivity index (χ0) is 14.8. The summed E-state index contributed by atoms with van der Waals surface area (Å²) in [5.74, 6) is 1.48. The number of carbonyl (C=O) groups excluding carboxylic acids is 1. The summed E-state index contributed by atoms with van der Waals surface area (Å²) in [5.41, 5.74) is 6.28. The lowest BCUT2D eigenvalue weighted by atomic mass is 9.85. The number of benzene rings is 1. The number of rotatable bonds is 3. The lowest BCUT2D eigenvalue weighted by molar-refractivity contribution is -0.138. The molecule has 3 nitrogen and oxygen atoms in total. The molecule has 0 aliphatic carbocycles. The summed E-state index contributed by atoms with van der Waals surface area (Å²) in [4.78, 5) is 14.6. The van der Waals surface area contributed by atoms with Gasteiger partial charge in [-0.05, 0) is 37.2 Å². The van der Waals surface area contributed by atoms with Crippen LogP contribution in [0.1, 0.15) is 39.2 Å². The highest BCUT2D eigenvalue weighted by atomic mass is 35.5. The number of hydrogen-bond donors (Lipinski definition) is 1. The molecule has 1 aliphatic heterocycles. The van der Waals surface area contributed by atoms with Crippen LogP contribution in [0.2, 0.25) is 0 Å². The van der Waals surface area contributed by atoms with Crippen LogP contribution in [0.3, 0.4) is 0 Å². The molecule has 2 N–H and O–H groups in total. The normalized spacial score (nSPS) is 19.0. The molecule has 0 radical (unpaired) electrons. The predicted molar refractivity (Wildman–Crippen MR) is 89.4 cm³/mol. The van der Waals surface area contributed by atoms with Crippen molar-refractivity contribution in [2.24, 2.45) is 17.6 Å². The second-order valence-corrected chi connectivity index (χ2v) is 6.44. The Morgan fingerprint density at radius 1 is 1.24 bits per heavy atom. The summed E-state index contributed by atoms with van der Waals surface area (Å²) in [6, 6.07) is 9.66. The van der Waals surface area contributed by atoms with Crippen LogP contribution in [-0.2, 0) is 10.3 Å². The van der Waals surface area contributed by atoms with E-state index in [1.165, 1.54) is 0 Å². The van der Waals surface area contributed by atoms with Gasteiger partial charge in [0.1, 0.15) is 5.54 Å². The Bertz CT molecular complexity index is 451. The fraction of sp³-hybridized carbons (Fsp3) is 0.588. The Morgan fingerprint density at radius 2 is 1.76 bits per heavy atom. The van der Waals surface area contributed by atoms with Crippen molar-refractivity contribution in [3.63, 3.8) is 0 Å². The predicted octanol–water partition coefficient (Wildman–Crippen LogP) is 3.18. The van der Waals surface area contributed by atoms with E-state index in [9.17, 15) is 4.79 Å². The molecule has 0 saturated carbocycles. The van der Waals surface area contributed by atoms with Gasteiger partial charge in [0, 0.05) is 13.1 Å². The second-order valence-electron chi connectivity index (χ2n) is 6.44. The number of carbonyl (C=O) groups is 1. The first-order valence-corrected chi connectivity index (χ1v) is 7.56. The highest BCUT2D eigenvalue weighted by molar-refractivity contribution is 5.87. The standard InChI is InChI=1S/C17H26N2O.ClH/c1-13(2)14-9-11-19(12-10-14)16(20)17(3,18)15-7-5-4-6-8-15;/h4-8,13-14H,9-12,18H2,1-3H3;1H. The average molecular weight is 311 g/mol. The van der Waals surface area contributed by atoms with Gasteiger partial charge in [-0.25, -0.2) is 0 Å². The van der Waals surface area contributed by atoms with Gasteiger partial charge >= 0.3 is 0 Å². The van der Waals surface area contributed by atoms with Gasteiger partial charge in [0.2, 0.25) is 5.91 Å². The van der Waals surface area contributed by atoms with Crippen molar-refractivity contribution in [2.75, 3.05) is 13.1 Å². The molecule has 0 aromatic heterocycles. The Hall–Kier alpha value is -1.06. The molecule has 0 bridgehead atoms. The molecular weight excluding hydrogens is 284 g/mol. The molecule has 1 aromatic carbocycles. The highest BCUT2D eigenvalue weighted by Gasteiger charge is 2.36. The number of amides is 1. The van der Waals surface area contributed by atoms with E-state index in [4.69, 9.17) is 5.73 Å².